The Morgan fingerprint density at radius 3 is 3.04 bits per heavy atom. The van der Waals surface area contributed by atoms with Crippen molar-refractivity contribution in [2.24, 2.45) is 0 Å². The summed E-state index contributed by atoms with van der Waals surface area (Å²) in [7, 11) is 2.14. The molecule has 2 heterocycles. The fourth-order valence-corrected chi connectivity index (χ4v) is 4.00. The zero-order valence-corrected chi connectivity index (χ0v) is 14.4. The number of aliphatic hydroxyl groups is 1. The van der Waals surface area contributed by atoms with Crippen LogP contribution in [0.1, 0.15) is 46.7 Å². The smallest absolute Gasteiger partial charge is 0.104 e. The Morgan fingerprint density at radius 2 is 2.17 bits per heavy atom. The monoisotopic (exact) mass is 329 g/mol. The highest BCUT2D eigenvalue weighted by Crippen LogP contribution is 2.23. The van der Waals surface area contributed by atoms with Gasteiger partial charge in [0.25, 0.3) is 0 Å². The van der Waals surface area contributed by atoms with E-state index in [-0.39, 0.29) is 6.61 Å². The number of nitrogens with one attached hydrogen (secondary N) is 1. The molecule has 2 N–H and O–H groups in total. The molecule has 3 rings (SSSR count). The van der Waals surface area contributed by atoms with Crippen LogP contribution in [0.4, 0.5) is 0 Å². The standard InChI is InChI=1S/C18H23N3OS/c1-21(11-15-10-14(13-23-15)6-5-9-22)12-18-16-7-3-2-4-8-17(16)19-20-18/h10,13,22H,2-4,7-9,11-12H2,1H3,(H,19,20). The van der Waals surface area contributed by atoms with Crippen LogP contribution in [0.2, 0.25) is 0 Å². The van der Waals surface area contributed by atoms with Crippen molar-refractivity contribution in [3.05, 3.63) is 38.8 Å². The molecule has 23 heavy (non-hydrogen) atoms. The molecule has 0 fully saturated rings. The Hall–Kier alpha value is -1.61. The number of hydrogen-bond donors (Lipinski definition) is 2. The van der Waals surface area contributed by atoms with Gasteiger partial charge in [-0.25, -0.2) is 0 Å². The second-order valence-corrected chi connectivity index (χ2v) is 7.12. The van der Waals surface area contributed by atoms with E-state index in [9.17, 15) is 0 Å². The Bertz CT molecular complexity index is 707. The van der Waals surface area contributed by atoms with E-state index in [4.69, 9.17) is 5.11 Å². The van der Waals surface area contributed by atoms with Gasteiger partial charge in [0.2, 0.25) is 0 Å². The molecule has 0 aliphatic heterocycles. The number of hydrogen-bond acceptors (Lipinski definition) is 4. The third-order valence-electron chi connectivity index (χ3n) is 4.20. The zero-order chi connectivity index (χ0) is 16.1. The fraction of sp³-hybridized carbons (Fsp3) is 0.500. The van der Waals surface area contributed by atoms with Crippen LogP contribution in [-0.2, 0) is 25.9 Å². The Balaban J connectivity index is 1.62. The number of H-pyrrole nitrogens is 1. The molecule has 5 heteroatoms. The summed E-state index contributed by atoms with van der Waals surface area (Å²) in [6, 6.07) is 2.11. The fourth-order valence-electron chi connectivity index (χ4n) is 3.11. The summed E-state index contributed by atoms with van der Waals surface area (Å²) in [5.41, 5.74) is 5.00. The number of rotatable bonds is 4. The highest BCUT2D eigenvalue weighted by atomic mass is 32.1. The van der Waals surface area contributed by atoms with Gasteiger partial charge in [0, 0.05) is 34.6 Å². The van der Waals surface area contributed by atoms with Crippen LogP contribution in [-0.4, -0.2) is 33.9 Å². The molecule has 0 amide bonds. The summed E-state index contributed by atoms with van der Waals surface area (Å²) in [5, 5.41) is 18.6. The van der Waals surface area contributed by atoms with Crippen molar-refractivity contribution in [3.8, 4) is 11.8 Å². The van der Waals surface area contributed by atoms with Crippen molar-refractivity contribution >= 4 is 11.3 Å². The third-order valence-corrected chi connectivity index (χ3v) is 5.12. The van der Waals surface area contributed by atoms with Gasteiger partial charge in [0.1, 0.15) is 6.61 Å². The van der Waals surface area contributed by atoms with E-state index in [2.05, 4.69) is 40.1 Å². The predicted molar refractivity (Wildman–Crippen MR) is 93.3 cm³/mol. The largest absolute Gasteiger partial charge is 0.384 e. The van der Waals surface area contributed by atoms with E-state index in [1.807, 2.05) is 5.38 Å². The van der Waals surface area contributed by atoms with Gasteiger partial charge in [-0.15, -0.1) is 11.3 Å². The van der Waals surface area contributed by atoms with Gasteiger partial charge in [-0.3, -0.25) is 10.00 Å². The molecule has 0 spiro atoms. The molecule has 0 saturated carbocycles. The van der Waals surface area contributed by atoms with Crippen molar-refractivity contribution in [1.29, 1.82) is 0 Å². The number of aromatic nitrogens is 2. The van der Waals surface area contributed by atoms with Gasteiger partial charge in [0.05, 0.1) is 5.69 Å². The molecule has 1 aliphatic carbocycles. The van der Waals surface area contributed by atoms with Crippen molar-refractivity contribution in [3.63, 3.8) is 0 Å². The first-order chi connectivity index (χ1) is 11.3. The molecule has 122 valence electrons. The maximum Gasteiger partial charge on any atom is 0.104 e. The first-order valence-electron chi connectivity index (χ1n) is 8.17. The van der Waals surface area contributed by atoms with E-state index in [0.29, 0.717) is 0 Å². The van der Waals surface area contributed by atoms with Gasteiger partial charge in [0.15, 0.2) is 0 Å². The Kier molecular flexibility index (Phi) is 5.50. The van der Waals surface area contributed by atoms with E-state index >= 15 is 0 Å². The molecule has 2 aromatic heterocycles. The Labute approximate surface area is 141 Å². The molecular weight excluding hydrogens is 306 g/mol. The van der Waals surface area contributed by atoms with E-state index in [0.717, 1.165) is 31.5 Å². The van der Waals surface area contributed by atoms with Crippen LogP contribution >= 0.6 is 11.3 Å². The quantitative estimate of drug-likeness (QED) is 0.670. The van der Waals surface area contributed by atoms with Gasteiger partial charge >= 0.3 is 0 Å². The molecule has 4 nitrogen and oxygen atoms in total. The normalized spacial score (nSPS) is 14.2. The van der Waals surface area contributed by atoms with Gasteiger partial charge in [-0.2, -0.15) is 5.10 Å². The van der Waals surface area contributed by atoms with E-state index in [1.54, 1.807) is 11.3 Å². The molecule has 0 saturated heterocycles. The Morgan fingerprint density at radius 1 is 1.30 bits per heavy atom. The lowest BCUT2D eigenvalue weighted by Gasteiger charge is -2.15. The summed E-state index contributed by atoms with van der Waals surface area (Å²) in [5.74, 6) is 5.65. The predicted octanol–water partition coefficient (Wildman–Crippen LogP) is 2.72. The van der Waals surface area contributed by atoms with Crippen LogP contribution in [0.15, 0.2) is 11.4 Å². The van der Waals surface area contributed by atoms with Crippen molar-refractivity contribution < 1.29 is 5.11 Å². The topological polar surface area (TPSA) is 52.1 Å². The summed E-state index contributed by atoms with van der Waals surface area (Å²) < 4.78 is 0. The maximum absolute atomic E-state index is 8.75. The molecule has 0 atom stereocenters. The van der Waals surface area contributed by atoms with Gasteiger partial charge < -0.3 is 5.11 Å². The molecule has 1 aliphatic rings. The number of fused-ring (bicyclic) bond motifs is 1. The van der Waals surface area contributed by atoms with Crippen LogP contribution in [0, 0.1) is 11.8 Å². The minimum Gasteiger partial charge on any atom is -0.384 e. The molecule has 0 aromatic carbocycles. The second-order valence-electron chi connectivity index (χ2n) is 6.12. The van der Waals surface area contributed by atoms with Crippen molar-refractivity contribution in [2.75, 3.05) is 13.7 Å². The summed E-state index contributed by atoms with van der Waals surface area (Å²) in [6.45, 7) is 1.68. The molecule has 2 aromatic rings. The lowest BCUT2D eigenvalue weighted by molar-refractivity contribution is 0.316. The highest BCUT2D eigenvalue weighted by molar-refractivity contribution is 7.10. The zero-order valence-electron chi connectivity index (χ0n) is 13.6. The summed E-state index contributed by atoms with van der Waals surface area (Å²) in [4.78, 5) is 3.59. The van der Waals surface area contributed by atoms with Crippen LogP contribution < -0.4 is 0 Å². The number of aliphatic hydroxyl groups excluding tert-OH is 1. The first kappa shape index (κ1) is 16.3. The highest BCUT2D eigenvalue weighted by Gasteiger charge is 2.16. The number of aromatic amines is 1. The number of aryl methyl sites for hydroxylation is 1. The lowest BCUT2D eigenvalue weighted by atomic mass is 10.1. The second kappa shape index (κ2) is 7.78. The molecule has 0 radical (unpaired) electrons. The maximum atomic E-state index is 8.75. The third kappa shape index (κ3) is 4.23. The minimum absolute atomic E-state index is 0.0879. The SMILES string of the molecule is CN(Cc1cc(C#CCO)cs1)Cc1n[nH]c2c1CCCCC2. The number of thiophene rings is 1. The first-order valence-corrected chi connectivity index (χ1v) is 9.05. The van der Waals surface area contributed by atoms with Crippen LogP contribution in [0.25, 0.3) is 0 Å². The van der Waals surface area contributed by atoms with E-state index < -0.39 is 0 Å². The summed E-state index contributed by atoms with van der Waals surface area (Å²) in [6.07, 6.45) is 6.18. The number of nitrogens with zero attached hydrogens (tertiary/aromatic N) is 2. The summed E-state index contributed by atoms with van der Waals surface area (Å²) >= 11 is 1.72. The average molecular weight is 329 g/mol. The van der Waals surface area contributed by atoms with Crippen molar-refractivity contribution in [2.45, 2.75) is 45.2 Å². The van der Waals surface area contributed by atoms with Crippen LogP contribution in [0.5, 0.6) is 0 Å². The molecule has 0 bridgehead atoms. The van der Waals surface area contributed by atoms with E-state index in [1.165, 1.54) is 41.1 Å². The minimum atomic E-state index is -0.0879. The average Bonchev–Trinajstić information content (AvgIpc) is 3.05. The lowest BCUT2D eigenvalue weighted by Crippen LogP contribution is -2.17. The van der Waals surface area contributed by atoms with Gasteiger partial charge in [-0.1, -0.05) is 18.3 Å². The van der Waals surface area contributed by atoms with Crippen LogP contribution in [0.3, 0.4) is 0 Å². The molecular formula is C18H23N3OS. The molecule has 0 unspecified atom stereocenters. The van der Waals surface area contributed by atoms with Gasteiger partial charge in [-0.05, 0) is 44.4 Å². The van der Waals surface area contributed by atoms with Crippen molar-refractivity contribution in [1.82, 2.24) is 15.1 Å².